The molecule has 0 spiro atoms. The van der Waals surface area contributed by atoms with E-state index in [1.165, 1.54) is 0 Å². The van der Waals surface area contributed by atoms with Crippen LogP contribution in [0.5, 0.6) is 0 Å². The molecule has 0 bridgehead atoms. The molecular weight excluding hydrogens is 226 g/mol. The molecule has 0 aliphatic heterocycles. The van der Waals surface area contributed by atoms with Gasteiger partial charge in [0.25, 0.3) is 0 Å². The molecular formula is C12H22ClNO2. The SMILES string of the molecule is C=C(CCl)C(NC(=O)OC(C)(C)C)C(C)C. The molecule has 0 heterocycles. The first-order valence-electron chi connectivity index (χ1n) is 5.40. The van der Waals surface area contributed by atoms with E-state index in [0.29, 0.717) is 5.88 Å². The Hall–Kier alpha value is -0.700. The molecule has 3 nitrogen and oxygen atoms in total. The number of nitrogens with one attached hydrogen (secondary N) is 1. The van der Waals surface area contributed by atoms with E-state index >= 15 is 0 Å². The smallest absolute Gasteiger partial charge is 0.408 e. The maximum absolute atomic E-state index is 11.6. The number of hydrogen-bond acceptors (Lipinski definition) is 2. The summed E-state index contributed by atoms with van der Waals surface area (Å²) in [6.45, 7) is 13.3. The summed E-state index contributed by atoms with van der Waals surface area (Å²) in [6.07, 6.45) is -0.433. The zero-order chi connectivity index (χ0) is 12.9. The van der Waals surface area contributed by atoms with Crippen LogP contribution < -0.4 is 5.32 Å². The minimum absolute atomic E-state index is 0.146. The van der Waals surface area contributed by atoms with Crippen molar-refractivity contribution in [1.29, 1.82) is 0 Å². The van der Waals surface area contributed by atoms with Crippen molar-refractivity contribution in [3.63, 3.8) is 0 Å². The number of alkyl halides is 1. The molecule has 0 aliphatic rings. The average molecular weight is 248 g/mol. The lowest BCUT2D eigenvalue weighted by Gasteiger charge is -2.26. The largest absolute Gasteiger partial charge is 0.444 e. The number of hydrogen-bond donors (Lipinski definition) is 1. The first-order chi connectivity index (χ1) is 7.17. The normalized spacial score (nSPS) is 13.4. The van der Waals surface area contributed by atoms with Crippen LogP contribution in [-0.4, -0.2) is 23.6 Å². The molecule has 1 atom stereocenters. The first-order valence-corrected chi connectivity index (χ1v) is 5.94. The van der Waals surface area contributed by atoms with Gasteiger partial charge in [-0.2, -0.15) is 0 Å². The second kappa shape index (κ2) is 6.14. The fraction of sp³-hybridized carbons (Fsp3) is 0.750. The van der Waals surface area contributed by atoms with Gasteiger partial charge >= 0.3 is 6.09 Å². The maximum atomic E-state index is 11.6. The van der Waals surface area contributed by atoms with Gasteiger partial charge in [-0.05, 0) is 32.3 Å². The summed E-state index contributed by atoms with van der Waals surface area (Å²) < 4.78 is 5.18. The topological polar surface area (TPSA) is 38.3 Å². The molecule has 4 heteroatoms. The number of alkyl carbamates (subject to hydrolysis) is 1. The Bertz CT molecular complexity index is 256. The van der Waals surface area contributed by atoms with Gasteiger partial charge in [0.2, 0.25) is 0 Å². The van der Waals surface area contributed by atoms with Gasteiger partial charge in [0.1, 0.15) is 5.60 Å². The van der Waals surface area contributed by atoms with Crippen LogP contribution in [0.25, 0.3) is 0 Å². The van der Waals surface area contributed by atoms with Crippen LogP contribution in [0, 0.1) is 5.92 Å². The van der Waals surface area contributed by atoms with E-state index in [9.17, 15) is 4.79 Å². The second-order valence-electron chi connectivity index (χ2n) is 5.16. The van der Waals surface area contributed by atoms with Crippen LogP contribution in [0.3, 0.4) is 0 Å². The predicted molar refractivity (Wildman–Crippen MR) is 67.9 cm³/mol. The van der Waals surface area contributed by atoms with Crippen LogP contribution in [0.4, 0.5) is 4.79 Å². The van der Waals surface area contributed by atoms with E-state index < -0.39 is 11.7 Å². The van der Waals surface area contributed by atoms with E-state index in [1.54, 1.807) is 0 Å². The van der Waals surface area contributed by atoms with Crippen LogP contribution in [0.1, 0.15) is 34.6 Å². The Morgan fingerprint density at radius 3 is 2.25 bits per heavy atom. The standard InChI is InChI=1S/C12H22ClNO2/c1-8(2)10(9(3)7-13)14-11(15)16-12(4,5)6/h8,10H,3,7H2,1-2,4-6H3,(H,14,15). The molecule has 16 heavy (non-hydrogen) atoms. The van der Waals surface area contributed by atoms with Gasteiger partial charge in [0, 0.05) is 5.88 Å². The molecule has 0 rings (SSSR count). The molecule has 0 aromatic heterocycles. The zero-order valence-corrected chi connectivity index (χ0v) is 11.5. The van der Waals surface area contributed by atoms with Crippen LogP contribution >= 0.6 is 11.6 Å². The maximum Gasteiger partial charge on any atom is 0.408 e. The molecule has 1 unspecified atom stereocenters. The lowest BCUT2D eigenvalue weighted by Crippen LogP contribution is -2.43. The third-order valence-electron chi connectivity index (χ3n) is 1.95. The molecule has 1 N–H and O–H groups in total. The van der Waals surface area contributed by atoms with Crippen molar-refractivity contribution in [3.8, 4) is 0 Å². The monoisotopic (exact) mass is 247 g/mol. The van der Waals surface area contributed by atoms with Crippen molar-refractivity contribution in [2.75, 3.05) is 5.88 Å². The van der Waals surface area contributed by atoms with Gasteiger partial charge in [-0.3, -0.25) is 0 Å². The van der Waals surface area contributed by atoms with Crippen LogP contribution in [-0.2, 0) is 4.74 Å². The van der Waals surface area contributed by atoms with Gasteiger partial charge < -0.3 is 10.1 Å². The highest BCUT2D eigenvalue weighted by Gasteiger charge is 2.22. The summed E-state index contributed by atoms with van der Waals surface area (Å²) in [5.74, 6) is 0.567. The molecule has 0 fully saturated rings. The van der Waals surface area contributed by atoms with Crippen molar-refractivity contribution >= 4 is 17.7 Å². The predicted octanol–water partition coefficient (Wildman–Crippen LogP) is 3.33. The van der Waals surface area contributed by atoms with E-state index in [4.69, 9.17) is 16.3 Å². The van der Waals surface area contributed by atoms with E-state index in [-0.39, 0.29) is 12.0 Å². The molecule has 0 aliphatic carbocycles. The minimum atomic E-state index is -0.492. The van der Waals surface area contributed by atoms with Crippen LogP contribution in [0.15, 0.2) is 12.2 Å². The van der Waals surface area contributed by atoms with Crippen molar-refractivity contribution in [2.24, 2.45) is 5.92 Å². The van der Waals surface area contributed by atoms with Crippen LogP contribution in [0.2, 0.25) is 0 Å². The Balaban J connectivity index is 4.42. The number of ether oxygens (including phenoxy) is 1. The Morgan fingerprint density at radius 1 is 1.44 bits per heavy atom. The first kappa shape index (κ1) is 15.3. The van der Waals surface area contributed by atoms with Crippen molar-refractivity contribution in [2.45, 2.75) is 46.3 Å². The van der Waals surface area contributed by atoms with Gasteiger partial charge in [0.15, 0.2) is 0 Å². The number of carbonyl (C=O) groups excluding carboxylic acids is 1. The highest BCUT2D eigenvalue weighted by atomic mass is 35.5. The Morgan fingerprint density at radius 2 is 1.94 bits per heavy atom. The number of carbonyl (C=O) groups is 1. The number of amides is 1. The summed E-state index contributed by atoms with van der Waals surface area (Å²) in [5.41, 5.74) is 0.302. The highest BCUT2D eigenvalue weighted by Crippen LogP contribution is 2.14. The highest BCUT2D eigenvalue weighted by molar-refractivity contribution is 6.19. The average Bonchev–Trinajstić information content (AvgIpc) is 2.09. The van der Waals surface area contributed by atoms with Crippen molar-refractivity contribution in [1.82, 2.24) is 5.32 Å². The van der Waals surface area contributed by atoms with Gasteiger partial charge in [-0.1, -0.05) is 20.4 Å². The fourth-order valence-electron chi connectivity index (χ4n) is 1.26. The lowest BCUT2D eigenvalue weighted by molar-refractivity contribution is 0.0501. The summed E-state index contributed by atoms with van der Waals surface area (Å²) in [7, 11) is 0. The second-order valence-corrected chi connectivity index (χ2v) is 5.43. The third kappa shape index (κ3) is 6.01. The molecule has 0 radical (unpaired) electrons. The van der Waals surface area contributed by atoms with Gasteiger partial charge in [-0.25, -0.2) is 4.79 Å². The molecule has 0 saturated heterocycles. The molecule has 1 amide bonds. The Labute approximate surface area is 103 Å². The third-order valence-corrected chi connectivity index (χ3v) is 2.29. The number of halogens is 1. The molecule has 0 aromatic rings. The summed E-state index contributed by atoms with van der Waals surface area (Å²) >= 11 is 5.72. The van der Waals surface area contributed by atoms with Gasteiger partial charge in [-0.15, -0.1) is 11.6 Å². The fourth-order valence-corrected chi connectivity index (χ4v) is 1.42. The molecule has 94 valence electrons. The molecule has 0 saturated carbocycles. The quantitative estimate of drug-likeness (QED) is 0.611. The van der Waals surface area contributed by atoms with Crippen molar-refractivity contribution < 1.29 is 9.53 Å². The zero-order valence-electron chi connectivity index (χ0n) is 10.8. The summed E-state index contributed by atoms with van der Waals surface area (Å²) in [4.78, 5) is 11.6. The van der Waals surface area contributed by atoms with Gasteiger partial charge in [0.05, 0.1) is 6.04 Å². The van der Waals surface area contributed by atoms with E-state index in [2.05, 4.69) is 11.9 Å². The summed E-state index contributed by atoms with van der Waals surface area (Å²) in [5, 5.41) is 2.78. The number of rotatable bonds is 4. The lowest BCUT2D eigenvalue weighted by atomic mass is 9.98. The minimum Gasteiger partial charge on any atom is -0.444 e. The van der Waals surface area contributed by atoms with E-state index in [0.717, 1.165) is 5.57 Å². The Kier molecular flexibility index (Phi) is 5.87. The van der Waals surface area contributed by atoms with E-state index in [1.807, 2.05) is 34.6 Å². The summed E-state index contributed by atoms with van der Waals surface area (Å²) in [6, 6.07) is -0.146. The molecule has 0 aromatic carbocycles. The van der Waals surface area contributed by atoms with Crippen molar-refractivity contribution in [3.05, 3.63) is 12.2 Å².